The van der Waals surface area contributed by atoms with Crippen molar-refractivity contribution in [2.75, 3.05) is 18.4 Å². The molecule has 0 bridgehead atoms. The average molecular weight is 325 g/mol. The molecule has 1 fully saturated rings. The van der Waals surface area contributed by atoms with Crippen molar-refractivity contribution in [3.05, 3.63) is 41.2 Å². The maximum Gasteiger partial charge on any atom is 0.259 e. The minimum atomic E-state index is -0.154. The first kappa shape index (κ1) is 15.9. The van der Waals surface area contributed by atoms with Gasteiger partial charge in [-0.25, -0.2) is 4.98 Å². The molecule has 3 rings (SSSR count). The van der Waals surface area contributed by atoms with Crippen molar-refractivity contribution in [1.82, 2.24) is 15.3 Å². The van der Waals surface area contributed by atoms with E-state index in [9.17, 15) is 4.79 Å². The molecule has 0 radical (unpaired) electrons. The number of thiazole rings is 1. The highest BCUT2D eigenvalue weighted by atomic mass is 35.5. The SMILES string of the molecule is Cl.O=C(Nc1nccs1)c1cncc(CC2CCNC2)c1. The first-order valence-electron chi connectivity index (χ1n) is 6.67. The van der Waals surface area contributed by atoms with Gasteiger partial charge in [-0.3, -0.25) is 15.1 Å². The van der Waals surface area contributed by atoms with Gasteiger partial charge < -0.3 is 5.32 Å². The summed E-state index contributed by atoms with van der Waals surface area (Å²) in [4.78, 5) is 20.3. The van der Waals surface area contributed by atoms with Gasteiger partial charge in [0.25, 0.3) is 5.91 Å². The summed E-state index contributed by atoms with van der Waals surface area (Å²) in [6.45, 7) is 2.14. The van der Waals surface area contributed by atoms with Crippen molar-refractivity contribution >= 4 is 34.8 Å². The van der Waals surface area contributed by atoms with Gasteiger partial charge >= 0.3 is 0 Å². The third-order valence-corrected chi connectivity index (χ3v) is 4.09. The number of hydrogen-bond acceptors (Lipinski definition) is 5. The molecule has 5 nitrogen and oxygen atoms in total. The molecule has 0 aromatic carbocycles. The molecule has 1 amide bonds. The first-order chi connectivity index (χ1) is 9.81. The lowest BCUT2D eigenvalue weighted by atomic mass is 9.99. The summed E-state index contributed by atoms with van der Waals surface area (Å²) in [5.41, 5.74) is 1.70. The van der Waals surface area contributed by atoms with Crippen molar-refractivity contribution in [2.24, 2.45) is 5.92 Å². The van der Waals surface area contributed by atoms with Gasteiger partial charge in [-0.2, -0.15) is 0 Å². The zero-order valence-electron chi connectivity index (χ0n) is 11.4. The first-order valence-corrected chi connectivity index (χ1v) is 7.55. The fourth-order valence-corrected chi connectivity index (χ4v) is 2.92. The maximum atomic E-state index is 12.1. The van der Waals surface area contributed by atoms with Crippen LogP contribution in [-0.2, 0) is 6.42 Å². The number of halogens is 1. The number of amides is 1. The van der Waals surface area contributed by atoms with Crippen LogP contribution in [-0.4, -0.2) is 29.0 Å². The molecule has 112 valence electrons. The molecular formula is C14H17ClN4OS. The van der Waals surface area contributed by atoms with Crippen LogP contribution in [0.4, 0.5) is 5.13 Å². The Morgan fingerprint density at radius 1 is 1.48 bits per heavy atom. The van der Waals surface area contributed by atoms with Gasteiger partial charge in [0.2, 0.25) is 0 Å². The van der Waals surface area contributed by atoms with Crippen molar-refractivity contribution in [3.8, 4) is 0 Å². The van der Waals surface area contributed by atoms with Gasteiger partial charge in [0.05, 0.1) is 5.56 Å². The predicted molar refractivity (Wildman–Crippen MR) is 86.2 cm³/mol. The summed E-state index contributed by atoms with van der Waals surface area (Å²) >= 11 is 1.40. The van der Waals surface area contributed by atoms with Gasteiger partial charge in [-0.1, -0.05) is 0 Å². The van der Waals surface area contributed by atoms with E-state index in [2.05, 4.69) is 20.6 Å². The largest absolute Gasteiger partial charge is 0.316 e. The standard InChI is InChI=1S/C14H16N4OS.ClH/c19-13(18-14-17-3-4-20-14)12-6-11(8-16-9-12)5-10-1-2-15-7-10;/h3-4,6,8-10,15H,1-2,5,7H2,(H,17,18,19);1H. The van der Waals surface area contributed by atoms with Crippen LogP contribution in [0.1, 0.15) is 22.3 Å². The second kappa shape index (κ2) is 7.49. The molecule has 7 heteroatoms. The molecule has 1 aliphatic rings. The third kappa shape index (κ3) is 4.23. The van der Waals surface area contributed by atoms with E-state index in [0.29, 0.717) is 16.6 Å². The number of nitrogens with one attached hydrogen (secondary N) is 2. The fraction of sp³-hybridized carbons (Fsp3) is 0.357. The molecule has 0 saturated carbocycles. The van der Waals surface area contributed by atoms with E-state index in [1.165, 1.54) is 17.8 Å². The van der Waals surface area contributed by atoms with Crippen LogP contribution in [0.2, 0.25) is 0 Å². The topological polar surface area (TPSA) is 66.9 Å². The quantitative estimate of drug-likeness (QED) is 0.906. The molecule has 2 aromatic rings. The molecule has 1 atom stereocenters. The smallest absolute Gasteiger partial charge is 0.259 e. The molecular weight excluding hydrogens is 308 g/mol. The Labute approximate surface area is 133 Å². The van der Waals surface area contributed by atoms with Crippen LogP contribution >= 0.6 is 23.7 Å². The van der Waals surface area contributed by atoms with Crippen molar-refractivity contribution in [2.45, 2.75) is 12.8 Å². The van der Waals surface area contributed by atoms with Crippen LogP contribution in [0.3, 0.4) is 0 Å². The zero-order chi connectivity index (χ0) is 13.8. The summed E-state index contributed by atoms with van der Waals surface area (Å²) < 4.78 is 0. The van der Waals surface area contributed by atoms with E-state index in [-0.39, 0.29) is 18.3 Å². The van der Waals surface area contributed by atoms with E-state index in [1.54, 1.807) is 12.4 Å². The van der Waals surface area contributed by atoms with E-state index >= 15 is 0 Å². The summed E-state index contributed by atoms with van der Waals surface area (Å²) in [7, 11) is 0. The Bertz CT molecular complexity index is 584. The van der Waals surface area contributed by atoms with Crippen LogP contribution in [0.25, 0.3) is 0 Å². The minimum Gasteiger partial charge on any atom is -0.316 e. The Balaban J connectivity index is 0.00000161. The van der Waals surface area contributed by atoms with Crippen LogP contribution < -0.4 is 10.6 Å². The molecule has 1 aliphatic heterocycles. The van der Waals surface area contributed by atoms with Crippen LogP contribution in [0.15, 0.2) is 30.0 Å². The highest BCUT2D eigenvalue weighted by Gasteiger charge is 2.16. The summed E-state index contributed by atoms with van der Waals surface area (Å²) in [5.74, 6) is 0.493. The second-order valence-corrected chi connectivity index (χ2v) is 5.83. The summed E-state index contributed by atoms with van der Waals surface area (Å²) in [5, 5.41) is 8.57. The molecule has 1 saturated heterocycles. The second-order valence-electron chi connectivity index (χ2n) is 4.94. The number of aromatic nitrogens is 2. The number of nitrogens with zero attached hydrogens (tertiary/aromatic N) is 2. The lowest BCUT2D eigenvalue weighted by molar-refractivity contribution is 0.102. The molecule has 3 heterocycles. The van der Waals surface area contributed by atoms with Gasteiger partial charge in [-0.15, -0.1) is 23.7 Å². The molecule has 21 heavy (non-hydrogen) atoms. The minimum absolute atomic E-state index is 0. The fourth-order valence-electron chi connectivity index (χ4n) is 2.40. The van der Waals surface area contributed by atoms with Gasteiger partial charge in [0, 0.05) is 24.0 Å². The van der Waals surface area contributed by atoms with E-state index in [4.69, 9.17) is 0 Å². The highest BCUT2D eigenvalue weighted by molar-refractivity contribution is 7.13. The zero-order valence-corrected chi connectivity index (χ0v) is 13.0. The number of pyridine rings is 1. The third-order valence-electron chi connectivity index (χ3n) is 3.40. The van der Waals surface area contributed by atoms with Gasteiger partial charge in [-0.05, 0) is 43.5 Å². The Hall–Kier alpha value is -1.50. The Morgan fingerprint density at radius 2 is 2.38 bits per heavy atom. The van der Waals surface area contributed by atoms with Gasteiger partial charge in [0.1, 0.15) is 0 Å². The Kier molecular flexibility index (Phi) is 5.67. The van der Waals surface area contributed by atoms with Crippen molar-refractivity contribution in [1.29, 1.82) is 0 Å². The molecule has 2 aromatic heterocycles. The van der Waals surface area contributed by atoms with E-state index < -0.39 is 0 Å². The lowest BCUT2D eigenvalue weighted by Crippen LogP contribution is -2.14. The molecule has 1 unspecified atom stereocenters. The molecule has 0 aliphatic carbocycles. The lowest BCUT2D eigenvalue weighted by Gasteiger charge is -2.09. The molecule has 0 spiro atoms. The number of rotatable bonds is 4. The normalized spacial score (nSPS) is 17.2. The Morgan fingerprint density at radius 3 is 3.10 bits per heavy atom. The molecule has 2 N–H and O–H groups in total. The average Bonchev–Trinajstić information content (AvgIpc) is 3.12. The number of hydrogen-bond donors (Lipinski definition) is 2. The summed E-state index contributed by atoms with van der Waals surface area (Å²) in [6, 6.07) is 1.92. The summed E-state index contributed by atoms with van der Waals surface area (Å²) in [6.07, 6.45) is 7.27. The number of carbonyl (C=O) groups is 1. The number of anilines is 1. The van der Waals surface area contributed by atoms with Crippen LogP contribution in [0, 0.1) is 5.92 Å². The highest BCUT2D eigenvalue weighted by Crippen LogP contribution is 2.16. The predicted octanol–water partition coefficient (Wildman–Crippen LogP) is 2.36. The van der Waals surface area contributed by atoms with E-state index in [0.717, 1.165) is 25.1 Å². The van der Waals surface area contributed by atoms with Crippen LogP contribution in [0.5, 0.6) is 0 Å². The van der Waals surface area contributed by atoms with Crippen molar-refractivity contribution in [3.63, 3.8) is 0 Å². The maximum absolute atomic E-state index is 12.1. The van der Waals surface area contributed by atoms with Gasteiger partial charge in [0.15, 0.2) is 5.13 Å². The van der Waals surface area contributed by atoms with E-state index in [1.807, 2.05) is 17.6 Å². The number of carbonyl (C=O) groups excluding carboxylic acids is 1. The van der Waals surface area contributed by atoms with Crippen molar-refractivity contribution < 1.29 is 4.79 Å². The monoisotopic (exact) mass is 324 g/mol.